The van der Waals surface area contributed by atoms with E-state index >= 15 is 0 Å². The van der Waals surface area contributed by atoms with Crippen LogP contribution in [-0.2, 0) is 6.54 Å². The topological polar surface area (TPSA) is 49.8 Å². The summed E-state index contributed by atoms with van der Waals surface area (Å²) in [6, 6.07) is 16.5. The van der Waals surface area contributed by atoms with Crippen LogP contribution in [0.3, 0.4) is 0 Å². The lowest BCUT2D eigenvalue weighted by atomic mass is 10.0. The number of nitrogens with one attached hydrogen (secondary N) is 2. The zero-order valence-corrected chi connectivity index (χ0v) is 14.3. The fraction of sp³-hybridized carbons (Fsp3) is 0.200. The minimum Gasteiger partial charge on any atom is -0.366 e. The van der Waals surface area contributed by atoms with Crippen molar-refractivity contribution in [3.05, 3.63) is 77.7 Å². The van der Waals surface area contributed by atoms with Gasteiger partial charge in [-0.05, 0) is 47.4 Å². The summed E-state index contributed by atoms with van der Waals surface area (Å²) in [6.45, 7) is 4.91. The van der Waals surface area contributed by atoms with Crippen LogP contribution in [0.15, 0.2) is 60.8 Å². The van der Waals surface area contributed by atoms with Gasteiger partial charge < -0.3 is 10.6 Å². The van der Waals surface area contributed by atoms with Gasteiger partial charge in [0.15, 0.2) is 0 Å². The van der Waals surface area contributed by atoms with Gasteiger partial charge in [-0.1, -0.05) is 38.1 Å². The lowest BCUT2D eigenvalue weighted by molar-refractivity contribution is 0.627. The molecule has 1 aromatic heterocycles. The first kappa shape index (κ1) is 16.9. The Balaban J connectivity index is 1.63. The highest BCUT2D eigenvalue weighted by Gasteiger charge is 2.02. The van der Waals surface area contributed by atoms with Gasteiger partial charge in [0.25, 0.3) is 0 Å². The van der Waals surface area contributed by atoms with Crippen molar-refractivity contribution in [2.24, 2.45) is 0 Å². The zero-order valence-electron chi connectivity index (χ0n) is 14.3. The first-order valence-corrected chi connectivity index (χ1v) is 8.28. The van der Waals surface area contributed by atoms with E-state index in [0.29, 0.717) is 24.2 Å². The molecule has 2 N–H and O–H groups in total. The quantitative estimate of drug-likeness (QED) is 0.658. The first-order valence-electron chi connectivity index (χ1n) is 8.28. The van der Waals surface area contributed by atoms with E-state index in [9.17, 15) is 4.39 Å². The molecule has 0 radical (unpaired) electrons. The van der Waals surface area contributed by atoms with E-state index in [1.165, 1.54) is 17.7 Å². The number of hydrogen-bond acceptors (Lipinski definition) is 4. The molecule has 5 heteroatoms. The molecule has 0 aliphatic rings. The molecule has 0 fully saturated rings. The molecule has 128 valence electrons. The molecule has 3 rings (SSSR count). The summed E-state index contributed by atoms with van der Waals surface area (Å²) < 4.78 is 12.9. The number of hydrogen-bond donors (Lipinski definition) is 2. The molecule has 0 aliphatic carbocycles. The van der Waals surface area contributed by atoms with Gasteiger partial charge in [-0.25, -0.2) is 9.37 Å². The van der Waals surface area contributed by atoms with Crippen molar-refractivity contribution in [1.82, 2.24) is 9.97 Å². The summed E-state index contributed by atoms with van der Waals surface area (Å²) >= 11 is 0. The molecule has 0 aliphatic heterocycles. The summed E-state index contributed by atoms with van der Waals surface area (Å²) in [5, 5.41) is 6.42. The van der Waals surface area contributed by atoms with Crippen LogP contribution < -0.4 is 10.6 Å². The van der Waals surface area contributed by atoms with Crippen molar-refractivity contribution < 1.29 is 4.39 Å². The Hall–Kier alpha value is -2.95. The lowest BCUT2D eigenvalue weighted by Crippen LogP contribution is -2.04. The van der Waals surface area contributed by atoms with E-state index < -0.39 is 0 Å². The van der Waals surface area contributed by atoms with Crippen molar-refractivity contribution in [2.45, 2.75) is 26.3 Å². The van der Waals surface area contributed by atoms with E-state index in [1.54, 1.807) is 24.4 Å². The smallest absolute Gasteiger partial charge is 0.229 e. The van der Waals surface area contributed by atoms with Gasteiger partial charge in [0.1, 0.15) is 11.6 Å². The summed E-state index contributed by atoms with van der Waals surface area (Å²) in [5.41, 5.74) is 3.22. The molecular formula is C20H21FN4. The summed E-state index contributed by atoms with van der Waals surface area (Å²) in [7, 11) is 0. The highest BCUT2D eigenvalue weighted by atomic mass is 19.1. The van der Waals surface area contributed by atoms with Crippen LogP contribution in [0.4, 0.5) is 21.8 Å². The molecule has 4 nitrogen and oxygen atoms in total. The van der Waals surface area contributed by atoms with Gasteiger partial charge >= 0.3 is 0 Å². The fourth-order valence-electron chi connectivity index (χ4n) is 2.39. The second-order valence-corrected chi connectivity index (χ2v) is 6.15. The predicted molar refractivity (Wildman–Crippen MR) is 99.6 cm³/mol. The highest BCUT2D eigenvalue weighted by molar-refractivity contribution is 5.55. The Kier molecular flexibility index (Phi) is 5.23. The number of anilines is 3. The van der Waals surface area contributed by atoms with Crippen molar-refractivity contribution in [2.75, 3.05) is 10.6 Å². The van der Waals surface area contributed by atoms with Crippen LogP contribution in [0.2, 0.25) is 0 Å². The number of nitrogens with zero attached hydrogens (tertiary/aromatic N) is 2. The monoisotopic (exact) mass is 336 g/mol. The molecule has 0 unspecified atom stereocenters. The number of aromatic nitrogens is 2. The lowest BCUT2D eigenvalue weighted by Gasteiger charge is -2.10. The van der Waals surface area contributed by atoms with Crippen LogP contribution in [0, 0.1) is 5.82 Å². The largest absolute Gasteiger partial charge is 0.366 e. The second-order valence-electron chi connectivity index (χ2n) is 6.15. The Bertz CT molecular complexity index is 814. The Labute approximate surface area is 147 Å². The maximum atomic E-state index is 12.9. The van der Waals surface area contributed by atoms with E-state index in [-0.39, 0.29) is 5.82 Å². The first-order chi connectivity index (χ1) is 12.1. The average molecular weight is 336 g/mol. The van der Waals surface area contributed by atoms with E-state index in [0.717, 1.165) is 11.3 Å². The van der Waals surface area contributed by atoms with E-state index in [2.05, 4.69) is 46.6 Å². The van der Waals surface area contributed by atoms with Crippen LogP contribution in [-0.4, -0.2) is 9.97 Å². The SMILES string of the molecule is CC(C)c1ccc(Nc2nccc(NCc3ccc(F)cc3)n2)cc1. The highest BCUT2D eigenvalue weighted by Crippen LogP contribution is 2.19. The second kappa shape index (κ2) is 7.75. The van der Waals surface area contributed by atoms with Crippen molar-refractivity contribution in [3.63, 3.8) is 0 Å². The molecule has 0 saturated carbocycles. The Morgan fingerprint density at radius 3 is 2.36 bits per heavy atom. The molecule has 25 heavy (non-hydrogen) atoms. The molecule has 0 amide bonds. The standard InChI is InChI=1S/C20H21FN4/c1-14(2)16-5-9-18(10-6-16)24-20-22-12-11-19(25-20)23-13-15-3-7-17(21)8-4-15/h3-12,14H,13H2,1-2H3,(H2,22,23,24,25). The fourth-order valence-corrected chi connectivity index (χ4v) is 2.39. The van der Waals surface area contributed by atoms with Crippen LogP contribution in [0.25, 0.3) is 0 Å². The minimum atomic E-state index is -0.235. The third kappa shape index (κ3) is 4.76. The van der Waals surface area contributed by atoms with E-state index in [1.807, 2.05) is 12.1 Å². The third-order valence-electron chi connectivity index (χ3n) is 3.88. The molecule has 0 spiro atoms. The molecule has 0 saturated heterocycles. The third-order valence-corrected chi connectivity index (χ3v) is 3.88. The van der Waals surface area contributed by atoms with Gasteiger partial charge in [-0.2, -0.15) is 4.98 Å². The number of rotatable bonds is 6. The maximum absolute atomic E-state index is 12.9. The maximum Gasteiger partial charge on any atom is 0.229 e. The molecule has 1 heterocycles. The Morgan fingerprint density at radius 2 is 1.68 bits per heavy atom. The minimum absolute atomic E-state index is 0.235. The van der Waals surface area contributed by atoms with Crippen molar-refractivity contribution >= 4 is 17.5 Å². The van der Waals surface area contributed by atoms with Gasteiger partial charge in [0.2, 0.25) is 5.95 Å². The van der Waals surface area contributed by atoms with E-state index in [4.69, 9.17) is 0 Å². The average Bonchev–Trinajstić information content (AvgIpc) is 2.62. The molecule has 0 bridgehead atoms. The summed E-state index contributed by atoms with van der Waals surface area (Å²) in [6.07, 6.45) is 1.70. The Morgan fingerprint density at radius 1 is 0.960 bits per heavy atom. The molecule has 2 aromatic carbocycles. The van der Waals surface area contributed by atoms with Gasteiger partial charge in [0.05, 0.1) is 0 Å². The molecule has 0 atom stereocenters. The van der Waals surface area contributed by atoms with Crippen LogP contribution in [0.1, 0.15) is 30.9 Å². The van der Waals surface area contributed by atoms with Crippen LogP contribution in [0.5, 0.6) is 0 Å². The van der Waals surface area contributed by atoms with Crippen molar-refractivity contribution in [3.8, 4) is 0 Å². The van der Waals surface area contributed by atoms with Gasteiger partial charge in [-0.3, -0.25) is 0 Å². The summed E-state index contributed by atoms with van der Waals surface area (Å²) in [4.78, 5) is 8.70. The molecular weight excluding hydrogens is 315 g/mol. The summed E-state index contributed by atoms with van der Waals surface area (Å²) in [5.74, 6) is 1.51. The zero-order chi connectivity index (χ0) is 17.6. The van der Waals surface area contributed by atoms with Crippen LogP contribution >= 0.6 is 0 Å². The number of halogens is 1. The number of benzene rings is 2. The normalized spacial score (nSPS) is 10.7. The van der Waals surface area contributed by atoms with Crippen molar-refractivity contribution in [1.29, 1.82) is 0 Å². The predicted octanol–water partition coefficient (Wildman–Crippen LogP) is 5.09. The molecule has 3 aromatic rings. The van der Waals surface area contributed by atoms with Gasteiger partial charge in [-0.15, -0.1) is 0 Å². The van der Waals surface area contributed by atoms with Gasteiger partial charge in [0, 0.05) is 18.4 Å².